The Hall–Kier alpha value is -4.05. The van der Waals surface area contributed by atoms with Gasteiger partial charge in [0, 0.05) is 43.4 Å². The summed E-state index contributed by atoms with van der Waals surface area (Å²) >= 11 is 0. The molecule has 3 heterocycles. The van der Waals surface area contributed by atoms with Gasteiger partial charge in [-0.3, -0.25) is 9.78 Å². The van der Waals surface area contributed by atoms with Gasteiger partial charge in [-0.2, -0.15) is 0 Å². The number of benzene rings is 3. The molecule has 6 rings (SSSR count). The van der Waals surface area contributed by atoms with Crippen LogP contribution in [0.4, 0.5) is 5.69 Å². The molecule has 0 spiro atoms. The molecule has 3 aromatic heterocycles. The zero-order valence-electron chi connectivity index (χ0n) is 24.0. The van der Waals surface area contributed by atoms with E-state index in [1.54, 1.807) is 18.3 Å². The van der Waals surface area contributed by atoms with E-state index in [4.69, 9.17) is 15.4 Å². The molecule has 1 radical (unpaired) electrons. The summed E-state index contributed by atoms with van der Waals surface area (Å²) in [4.78, 5) is 23.8. The molecule has 0 aliphatic rings. The SMILES string of the molecule is CCC(CC)C(=O)/C=C(\O)C(CC)CC.[C-]#[N+]c1cc2oc3cncnc3c3[c-]c4ccccc4c4oc(c1)c2c34.[Ir]. The first-order valence-electron chi connectivity index (χ1n) is 14.1. The normalized spacial score (nSPS) is 11.8. The summed E-state index contributed by atoms with van der Waals surface area (Å²) in [6.07, 6.45) is 8.04. The number of carbonyl (C=O) groups excluding carboxylic acids is 1. The molecular formula is C34H32IrN3O4-. The van der Waals surface area contributed by atoms with Crippen LogP contribution in [0, 0.1) is 24.5 Å². The molecule has 0 saturated heterocycles. The van der Waals surface area contributed by atoms with E-state index in [-0.39, 0.29) is 43.5 Å². The Bertz CT molecular complexity index is 1960. The van der Waals surface area contributed by atoms with Crippen LogP contribution in [0.5, 0.6) is 0 Å². The van der Waals surface area contributed by atoms with E-state index in [9.17, 15) is 9.90 Å². The number of rotatable bonds is 7. The van der Waals surface area contributed by atoms with Gasteiger partial charge in [0.25, 0.3) is 0 Å². The second-order valence-corrected chi connectivity index (χ2v) is 10.1. The quantitative estimate of drug-likeness (QED) is 0.0997. The molecule has 0 unspecified atom stereocenters. The third-order valence-electron chi connectivity index (χ3n) is 7.77. The average Bonchev–Trinajstić information content (AvgIpc) is 3.32. The summed E-state index contributed by atoms with van der Waals surface area (Å²) in [5, 5.41) is 14.2. The number of furan rings is 1. The molecule has 0 fully saturated rings. The van der Waals surface area contributed by atoms with Crippen molar-refractivity contribution in [3.63, 3.8) is 0 Å². The van der Waals surface area contributed by atoms with Gasteiger partial charge in [-0.25, -0.2) is 9.83 Å². The van der Waals surface area contributed by atoms with Crippen LogP contribution in [0.3, 0.4) is 0 Å². The number of carbonyl (C=O) groups is 1. The molecule has 0 saturated carbocycles. The minimum Gasteiger partial charge on any atom is -0.512 e. The van der Waals surface area contributed by atoms with Gasteiger partial charge in [-0.05, 0) is 48.6 Å². The minimum absolute atomic E-state index is 0. The number of aromatic nitrogens is 2. The number of nitrogens with zero attached hydrogens (tertiary/aromatic N) is 3. The predicted molar refractivity (Wildman–Crippen MR) is 163 cm³/mol. The maximum atomic E-state index is 11.7. The first kappa shape index (κ1) is 30.9. The van der Waals surface area contributed by atoms with Crippen molar-refractivity contribution < 1.29 is 38.8 Å². The number of hydrogen-bond acceptors (Lipinski definition) is 6. The molecule has 0 aliphatic heterocycles. The molecule has 0 atom stereocenters. The van der Waals surface area contributed by atoms with Gasteiger partial charge in [0.1, 0.15) is 23.1 Å². The fourth-order valence-electron chi connectivity index (χ4n) is 5.39. The topological polar surface area (TPSA) is 93.7 Å². The van der Waals surface area contributed by atoms with Crippen LogP contribution in [-0.2, 0) is 24.9 Å². The molecule has 0 amide bonds. The van der Waals surface area contributed by atoms with E-state index in [0.717, 1.165) is 58.2 Å². The Morgan fingerprint density at radius 3 is 2.33 bits per heavy atom. The largest absolute Gasteiger partial charge is 0.512 e. The Morgan fingerprint density at radius 1 is 1.00 bits per heavy atom. The van der Waals surface area contributed by atoms with Crippen LogP contribution in [0.25, 0.3) is 59.6 Å². The van der Waals surface area contributed by atoms with Crippen LogP contribution >= 0.6 is 0 Å². The smallest absolute Gasteiger partial charge is 0.194 e. The minimum atomic E-state index is 0. The van der Waals surface area contributed by atoms with E-state index in [1.165, 1.54) is 12.4 Å². The monoisotopic (exact) mass is 739 g/mol. The van der Waals surface area contributed by atoms with Crippen molar-refractivity contribution in [1.82, 2.24) is 9.97 Å². The first-order valence-corrected chi connectivity index (χ1v) is 14.1. The van der Waals surface area contributed by atoms with Crippen molar-refractivity contribution >= 4 is 66.3 Å². The number of ketones is 1. The molecule has 0 bridgehead atoms. The number of allylic oxidation sites excluding steroid dienone is 2. The number of aliphatic hydroxyl groups is 1. The van der Waals surface area contributed by atoms with Crippen molar-refractivity contribution in [2.75, 3.05) is 0 Å². The Kier molecular flexibility index (Phi) is 9.77. The van der Waals surface area contributed by atoms with Gasteiger partial charge < -0.3 is 13.9 Å². The zero-order chi connectivity index (χ0) is 29.1. The third-order valence-corrected chi connectivity index (χ3v) is 7.77. The van der Waals surface area contributed by atoms with E-state index in [1.807, 2.05) is 52.0 Å². The fourth-order valence-corrected chi connectivity index (χ4v) is 5.39. The summed E-state index contributed by atoms with van der Waals surface area (Å²) < 4.78 is 12.3. The first-order chi connectivity index (χ1) is 19.9. The van der Waals surface area contributed by atoms with Gasteiger partial charge in [-0.15, -0.1) is 17.5 Å². The molecular weight excluding hydrogens is 707 g/mol. The second kappa shape index (κ2) is 13.3. The van der Waals surface area contributed by atoms with Gasteiger partial charge in [0.05, 0.1) is 29.6 Å². The summed E-state index contributed by atoms with van der Waals surface area (Å²) in [6.45, 7) is 15.4. The van der Waals surface area contributed by atoms with E-state index < -0.39 is 0 Å². The fraction of sp³-hybridized carbons (Fsp3) is 0.294. The van der Waals surface area contributed by atoms with E-state index in [2.05, 4.69) is 20.9 Å². The standard InChI is InChI=1S/C21H8N3O2.C13H24O2.Ir/c1-22-12-7-15-19-16(8-12)26-21-13-5-3-2-4-11(13)6-14(18(19)21)20-17(25-15)9-23-10-24-20;1-5-10(6-2)12(14)9-13(15)11(7-3)8-4;/h2-5,7-10H;9-11,14H,5-8H2,1-4H3;/q-1;;/b;12-9-;. The number of aliphatic hydroxyl groups excluding tert-OH is 1. The van der Waals surface area contributed by atoms with Crippen LogP contribution in [-0.4, -0.2) is 20.9 Å². The zero-order valence-corrected chi connectivity index (χ0v) is 26.4. The van der Waals surface area contributed by atoms with Crippen molar-refractivity contribution in [2.24, 2.45) is 11.8 Å². The molecule has 7 nitrogen and oxygen atoms in total. The van der Waals surface area contributed by atoms with Crippen LogP contribution < -0.4 is 0 Å². The third kappa shape index (κ3) is 5.68. The van der Waals surface area contributed by atoms with Crippen molar-refractivity contribution in [1.29, 1.82) is 0 Å². The van der Waals surface area contributed by atoms with Crippen LogP contribution in [0.2, 0.25) is 0 Å². The molecule has 8 heteroatoms. The van der Waals surface area contributed by atoms with Crippen LogP contribution in [0.15, 0.2) is 69.6 Å². The molecule has 42 heavy (non-hydrogen) atoms. The predicted octanol–water partition coefficient (Wildman–Crippen LogP) is 9.65. The summed E-state index contributed by atoms with van der Waals surface area (Å²) in [7, 11) is 0. The molecule has 3 aromatic carbocycles. The Labute approximate surface area is 257 Å². The van der Waals surface area contributed by atoms with Crippen molar-refractivity contribution in [2.45, 2.75) is 53.4 Å². The van der Waals surface area contributed by atoms with Crippen LogP contribution in [0.1, 0.15) is 53.4 Å². The molecule has 6 aromatic rings. The second-order valence-electron chi connectivity index (χ2n) is 10.1. The van der Waals surface area contributed by atoms with E-state index in [0.29, 0.717) is 28.0 Å². The summed E-state index contributed by atoms with van der Waals surface area (Å²) in [6, 6.07) is 14.9. The van der Waals surface area contributed by atoms with Crippen molar-refractivity contribution in [3.05, 3.63) is 78.2 Å². The summed E-state index contributed by atoms with van der Waals surface area (Å²) in [5.41, 5.74) is 3.62. The Morgan fingerprint density at radius 2 is 1.67 bits per heavy atom. The number of fused-ring (bicyclic) bond motifs is 4. The van der Waals surface area contributed by atoms with Gasteiger partial charge >= 0.3 is 0 Å². The van der Waals surface area contributed by atoms with E-state index >= 15 is 0 Å². The van der Waals surface area contributed by atoms with Gasteiger partial charge in [0.2, 0.25) is 0 Å². The maximum Gasteiger partial charge on any atom is 0.194 e. The molecule has 0 aliphatic carbocycles. The Balaban J connectivity index is 0.000000221. The maximum absolute atomic E-state index is 11.7. The van der Waals surface area contributed by atoms with Crippen molar-refractivity contribution in [3.8, 4) is 0 Å². The number of hydrogen-bond donors (Lipinski definition) is 1. The average molecular weight is 739 g/mol. The summed E-state index contributed by atoms with van der Waals surface area (Å²) in [5.74, 6) is 0.547. The van der Waals surface area contributed by atoms with Gasteiger partial charge in [-0.1, -0.05) is 51.3 Å². The molecule has 1 N–H and O–H groups in total. The molecule has 217 valence electrons. The van der Waals surface area contributed by atoms with Gasteiger partial charge in [0.15, 0.2) is 11.5 Å².